The molecule has 1 aromatic heterocycles. The minimum Gasteiger partial charge on any atom is -0.309 e. The van der Waals surface area contributed by atoms with Crippen molar-refractivity contribution in [2.75, 3.05) is 26.2 Å². The van der Waals surface area contributed by atoms with E-state index in [-0.39, 0.29) is 0 Å². The highest BCUT2D eigenvalue weighted by atomic mass is 15.2. The molecule has 2 rings (SSSR count). The fourth-order valence-electron chi connectivity index (χ4n) is 2.46. The maximum Gasteiger partial charge on any atom is 0.0522 e. The average Bonchev–Trinajstić information content (AvgIpc) is 2.73. The van der Waals surface area contributed by atoms with Crippen LogP contribution in [0.15, 0.2) is 12.4 Å². The van der Waals surface area contributed by atoms with Gasteiger partial charge in [-0.15, -0.1) is 0 Å². The van der Waals surface area contributed by atoms with Crippen LogP contribution in [0, 0.1) is 0 Å². The third-order valence-electron chi connectivity index (χ3n) is 3.81. The molecule has 1 aliphatic rings. The molecule has 1 N–H and O–H groups in total. The van der Waals surface area contributed by atoms with Crippen LogP contribution in [0.5, 0.6) is 0 Å². The lowest BCUT2D eigenvalue weighted by Crippen LogP contribution is -2.58. The van der Waals surface area contributed by atoms with Crippen LogP contribution >= 0.6 is 0 Å². The minimum absolute atomic E-state index is 0.299. The van der Waals surface area contributed by atoms with Gasteiger partial charge in [-0.3, -0.25) is 9.58 Å². The summed E-state index contributed by atoms with van der Waals surface area (Å²) in [4.78, 5) is 2.56. The lowest BCUT2D eigenvalue weighted by atomic mass is 9.96. The molecule has 1 atom stereocenters. The Balaban J connectivity index is 1.83. The van der Waals surface area contributed by atoms with Gasteiger partial charge in [0.15, 0.2) is 0 Å². The van der Waals surface area contributed by atoms with E-state index in [1.54, 1.807) is 0 Å². The Labute approximate surface area is 104 Å². The number of aromatic nitrogens is 2. The largest absolute Gasteiger partial charge is 0.309 e. The van der Waals surface area contributed by atoms with Crippen LogP contribution in [-0.4, -0.2) is 46.4 Å². The fraction of sp³-hybridized carbons (Fsp3) is 0.769. The number of rotatable bonds is 4. The van der Waals surface area contributed by atoms with E-state index in [0.717, 1.165) is 32.6 Å². The summed E-state index contributed by atoms with van der Waals surface area (Å²) in [7, 11) is 1.97. The molecule has 17 heavy (non-hydrogen) atoms. The van der Waals surface area contributed by atoms with Crippen LogP contribution < -0.4 is 5.32 Å². The molecule has 1 aliphatic heterocycles. The van der Waals surface area contributed by atoms with E-state index in [2.05, 4.69) is 35.4 Å². The number of hydrogen-bond acceptors (Lipinski definition) is 3. The fourth-order valence-corrected chi connectivity index (χ4v) is 2.46. The van der Waals surface area contributed by atoms with Crippen LogP contribution in [0.3, 0.4) is 0 Å². The van der Waals surface area contributed by atoms with Gasteiger partial charge in [0.1, 0.15) is 0 Å². The highest BCUT2D eigenvalue weighted by Gasteiger charge is 2.28. The van der Waals surface area contributed by atoms with Crippen LogP contribution in [0.1, 0.15) is 25.8 Å². The monoisotopic (exact) mass is 236 g/mol. The zero-order valence-electron chi connectivity index (χ0n) is 11.2. The van der Waals surface area contributed by atoms with Gasteiger partial charge in [0.25, 0.3) is 0 Å². The SMILES string of the molecule is CCC1(C)CN(CCc2cnn(C)c2)CCN1. The van der Waals surface area contributed by atoms with Crippen molar-refractivity contribution in [2.24, 2.45) is 7.05 Å². The van der Waals surface area contributed by atoms with E-state index in [1.807, 2.05) is 17.9 Å². The predicted molar refractivity (Wildman–Crippen MR) is 70.1 cm³/mol. The normalized spacial score (nSPS) is 26.3. The summed E-state index contributed by atoms with van der Waals surface area (Å²) in [5, 5.41) is 7.83. The van der Waals surface area contributed by atoms with Crippen LogP contribution in [0.2, 0.25) is 0 Å². The Morgan fingerprint density at radius 1 is 1.53 bits per heavy atom. The summed E-state index contributed by atoms with van der Waals surface area (Å²) in [6.07, 6.45) is 6.38. The molecular formula is C13H24N4. The van der Waals surface area contributed by atoms with Crippen molar-refractivity contribution in [3.63, 3.8) is 0 Å². The molecule has 0 aromatic carbocycles. The molecule has 96 valence electrons. The number of hydrogen-bond donors (Lipinski definition) is 1. The minimum atomic E-state index is 0.299. The van der Waals surface area contributed by atoms with Crippen LogP contribution in [-0.2, 0) is 13.5 Å². The van der Waals surface area contributed by atoms with Crippen molar-refractivity contribution >= 4 is 0 Å². The highest BCUT2D eigenvalue weighted by Crippen LogP contribution is 2.15. The molecule has 4 heteroatoms. The van der Waals surface area contributed by atoms with Crippen molar-refractivity contribution in [3.8, 4) is 0 Å². The van der Waals surface area contributed by atoms with Gasteiger partial charge >= 0.3 is 0 Å². The van der Waals surface area contributed by atoms with Gasteiger partial charge in [0.2, 0.25) is 0 Å². The highest BCUT2D eigenvalue weighted by molar-refractivity contribution is 5.04. The first-order chi connectivity index (χ1) is 8.11. The molecule has 0 spiro atoms. The summed E-state index contributed by atoms with van der Waals surface area (Å²) in [5.41, 5.74) is 1.64. The van der Waals surface area contributed by atoms with Crippen molar-refractivity contribution in [3.05, 3.63) is 18.0 Å². The topological polar surface area (TPSA) is 33.1 Å². The molecule has 0 aliphatic carbocycles. The van der Waals surface area contributed by atoms with E-state index in [0.29, 0.717) is 5.54 Å². The van der Waals surface area contributed by atoms with Gasteiger partial charge in [0, 0.05) is 45.0 Å². The molecule has 0 radical (unpaired) electrons. The summed E-state index contributed by atoms with van der Waals surface area (Å²) < 4.78 is 1.88. The Bertz CT molecular complexity index is 360. The van der Waals surface area contributed by atoms with Gasteiger partial charge in [-0.2, -0.15) is 5.10 Å². The molecular weight excluding hydrogens is 212 g/mol. The molecule has 0 amide bonds. The first-order valence-corrected chi connectivity index (χ1v) is 6.56. The molecule has 1 unspecified atom stereocenters. The molecule has 0 bridgehead atoms. The maximum atomic E-state index is 4.21. The van der Waals surface area contributed by atoms with Gasteiger partial charge in [-0.05, 0) is 25.3 Å². The summed E-state index contributed by atoms with van der Waals surface area (Å²) in [5.74, 6) is 0. The van der Waals surface area contributed by atoms with E-state index in [4.69, 9.17) is 0 Å². The summed E-state index contributed by atoms with van der Waals surface area (Å²) >= 11 is 0. The van der Waals surface area contributed by atoms with Crippen molar-refractivity contribution in [2.45, 2.75) is 32.2 Å². The predicted octanol–water partition coefficient (Wildman–Crippen LogP) is 1.04. The molecule has 4 nitrogen and oxygen atoms in total. The van der Waals surface area contributed by atoms with E-state index >= 15 is 0 Å². The Morgan fingerprint density at radius 3 is 3.00 bits per heavy atom. The lowest BCUT2D eigenvalue weighted by molar-refractivity contribution is 0.141. The maximum absolute atomic E-state index is 4.21. The standard InChI is InChI=1S/C13H24N4/c1-4-13(2)11-17(8-6-14-13)7-5-12-9-15-16(3)10-12/h9-10,14H,4-8,11H2,1-3H3. The molecule has 1 fully saturated rings. The first-order valence-electron chi connectivity index (χ1n) is 6.56. The van der Waals surface area contributed by atoms with E-state index in [1.165, 1.54) is 12.0 Å². The van der Waals surface area contributed by atoms with Crippen LogP contribution in [0.25, 0.3) is 0 Å². The van der Waals surface area contributed by atoms with Gasteiger partial charge in [-0.25, -0.2) is 0 Å². The van der Waals surface area contributed by atoms with Gasteiger partial charge in [-0.1, -0.05) is 6.92 Å². The number of aryl methyl sites for hydroxylation is 1. The van der Waals surface area contributed by atoms with Gasteiger partial charge < -0.3 is 5.32 Å². The Hall–Kier alpha value is -0.870. The van der Waals surface area contributed by atoms with E-state index in [9.17, 15) is 0 Å². The zero-order chi connectivity index (χ0) is 12.3. The zero-order valence-corrected chi connectivity index (χ0v) is 11.2. The number of nitrogens with one attached hydrogen (secondary N) is 1. The third kappa shape index (κ3) is 3.30. The Kier molecular flexibility index (Phi) is 3.84. The van der Waals surface area contributed by atoms with Crippen molar-refractivity contribution < 1.29 is 0 Å². The number of nitrogens with zero attached hydrogens (tertiary/aromatic N) is 3. The smallest absolute Gasteiger partial charge is 0.0522 e. The van der Waals surface area contributed by atoms with Crippen molar-refractivity contribution in [1.82, 2.24) is 20.0 Å². The van der Waals surface area contributed by atoms with Crippen molar-refractivity contribution in [1.29, 1.82) is 0 Å². The van der Waals surface area contributed by atoms with E-state index < -0.39 is 0 Å². The second-order valence-corrected chi connectivity index (χ2v) is 5.39. The second-order valence-electron chi connectivity index (χ2n) is 5.39. The molecule has 0 saturated carbocycles. The quantitative estimate of drug-likeness (QED) is 0.848. The van der Waals surface area contributed by atoms with Crippen LogP contribution in [0.4, 0.5) is 0 Å². The average molecular weight is 236 g/mol. The second kappa shape index (κ2) is 5.19. The Morgan fingerprint density at radius 2 is 2.35 bits per heavy atom. The molecule has 2 heterocycles. The summed E-state index contributed by atoms with van der Waals surface area (Å²) in [6, 6.07) is 0. The lowest BCUT2D eigenvalue weighted by Gasteiger charge is -2.41. The molecule has 1 aromatic rings. The first kappa shape index (κ1) is 12.6. The van der Waals surface area contributed by atoms with Gasteiger partial charge in [0.05, 0.1) is 6.20 Å². The number of piperazine rings is 1. The summed E-state index contributed by atoms with van der Waals surface area (Å²) in [6.45, 7) is 9.15. The third-order valence-corrected chi connectivity index (χ3v) is 3.81. The molecule has 1 saturated heterocycles.